The van der Waals surface area contributed by atoms with Gasteiger partial charge in [0.05, 0.1) is 0 Å². The van der Waals surface area contributed by atoms with Crippen LogP contribution in [0.5, 0.6) is 11.5 Å². The molecule has 5 heteroatoms. The van der Waals surface area contributed by atoms with Gasteiger partial charge in [0.1, 0.15) is 11.5 Å². The van der Waals surface area contributed by atoms with Gasteiger partial charge in [0.2, 0.25) is 0 Å². The third-order valence-corrected chi connectivity index (χ3v) is 8.72. The van der Waals surface area contributed by atoms with Crippen molar-refractivity contribution in [3.8, 4) is 11.5 Å². The summed E-state index contributed by atoms with van der Waals surface area (Å²) in [6.45, 7) is 27.5. The molecule has 1 aliphatic carbocycles. The summed E-state index contributed by atoms with van der Waals surface area (Å²) >= 11 is 0. The van der Waals surface area contributed by atoms with Crippen molar-refractivity contribution >= 4 is 0 Å². The fourth-order valence-corrected chi connectivity index (χ4v) is 5.96. The molecule has 2 aromatic rings. The summed E-state index contributed by atoms with van der Waals surface area (Å²) in [4.78, 5) is 2.44. The Balaban J connectivity index is 0.00000588. The molecule has 1 fully saturated rings. The first-order valence-electron chi connectivity index (χ1n) is 15.3. The third-order valence-electron chi connectivity index (χ3n) is 8.72. The van der Waals surface area contributed by atoms with Crippen molar-refractivity contribution in [1.82, 2.24) is 4.90 Å². The molecule has 2 aromatic carbocycles. The molecular weight excluding hydrogens is 551 g/mol. The van der Waals surface area contributed by atoms with E-state index in [2.05, 4.69) is 112 Å². The van der Waals surface area contributed by atoms with Crippen LogP contribution >= 0.6 is 0 Å². The molecule has 0 bridgehead atoms. The summed E-state index contributed by atoms with van der Waals surface area (Å²) in [7, 11) is 0. The number of hydrogen-bond acceptors (Lipinski definition) is 4. The first kappa shape index (κ1) is 35.7. The van der Waals surface area contributed by atoms with Gasteiger partial charge in [-0.2, -0.15) is 0 Å². The molecule has 0 aromatic heterocycles. The van der Waals surface area contributed by atoms with Crippen LogP contribution in [0.1, 0.15) is 142 Å². The molecule has 1 aliphatic rings. The van der Waals surface area contributed by atoms with Gasteiger partial charge in [0.25, 0.3) is 0 Å². The van der Waals surface area contributed by atoms with E-state index in [1.165, 1.54) is 11.1 Å². The molecule has 41 heavy (non-hydrogen) atoms. The fourth-order valence-electron chi connectivity index (χ4n) is 5.96. The van der Waals surface area contributed by atoms with E-state index < -0.39 is 0 Å². The zero-order valence-corrected chi connectivity index (χ0v) is 29.0. The van der Waals surface area contributed by atoms with Crippen molar-refractivity contribution in [3.05, 3.63) is 57.6 Å². The van der Waals surface area contributed by atoms with E-state index in [1.807, 2.05) is 0 Å². The average molecular weight is 610 g/mol. The Hall–Kier alpha value is -1.53. The molecule has 4 N–H and O–H groups in total. The molecule has 4 nitrogen and oxygen atoms in total. The normalized spacial score (nSPS) is 18.9. The molecule has 2 unspecified atom stereocenters. The van der Waals surface area contributed by atoms with Gasteiger partial charge >= 0.3 is 0 Å². The van der Waals surface area contributed by atoms with Gasteiger partial charge in [0.15, 0.2) is 0 Å². The Morgan fingerprint density at radius 1 is 0.634 bits per heavy atom. The van der Waals surface area contributed by atoms with Gasteiger partial charge in [-0.1, -0.05) is 120 Å². The van der Waals surface area contributed by atoms with Crippen LogP contribution in [0.2, 0.25) is 0 Å². The van der Waals surface area contributed by atoms with Crippen LogP contribution in [0.3, 0.4) is 0 Å². The van der Waals surface area contributed by atoms with Crippen LogP contribution < -0.4 is 5.73 Å². The van der Waals surface area contributed by atoms with E-state index in [0.717, 1.165) is 47.9 Å². The zero-order chi connectivity index (χ0) is 30.4. The van der Waals surface area contributed by atoms with Gasteiger partial charge in [-0.3, -0.25) is 4.90 Å². The average Bonchev–Trinajstić information content (AvgIpc) is 2.78. The minimum absolute atomic E-state index is 0. The van der Waals surface area contributed by atoms with Gasteiger partial charge in [-0.25, -0.2) is 0 Å². The number of phenols is 2. The molecule has 0 saturated heterocycles. The van der Waals surface area contributed by atoms with E-state index in [4.69, 9.17) is 5.73 Å². The Morgan fingerprint density at radius 2 is 1.00 bits per heavy atom. The summed E-state index contributed by atoms with van der Waals surface area (Å²) in [6.07, 6.45) is 4.34. The Bertz CT molecular complexity index is 1110. The standard InChI is InChI=1S/C36H58N2O2.Co/c1-33(2,3)25-17-23(31(39)27(19-25)35(7,8)9)21-38(30-16-14-13-15-29(30)37)22-24-18-26(34(4,5)6)20-28(32(24)40)36(10,11)12;/h17-20,29-30,39-40H,13-16,21-22,37H2,1-12H3;. The van der Waals surface area contributed by atoms with Crippen molar-refractivity contribution in [2.45, 2.75) is 156 Å². The Kier molecular flexibility index (Phi) is 11.0. The van der Waals surface area contributed by atoms with E-state index >= 15 is 0 Å². The molecule has 233 valence electrons. The maximum atomic E-state index is 11.6. The van der Waals surface area contributed by atoms with Crippen LogP contribution in [0.15, 0.2) is 24.3 Å². The molecule has 3 rings (SSSR count). The van der Waals surface area contributed by atoms with Crippen molar-refractivity contribution < 1.29 is 27.0 Å². The number of nitrogens with zero attached hydrogens (tertiary/aromatic N) is 1. The number of hydrogen-bond donors (Lipinski definition) is 3. The molecule has 1 saturated carbocycles. The minimum atomic E-state index is -0.187. The SMILES string of the molecule is CC(C)(C)c1cc(CN(Cc2cc(C(C)(C)C)cc(C(C)(C)C)c2O)C2CCCCC2N)c(O)c(C(C)(C)C)c1.[Co]. The van der Waals surface area contributed by atoms with Crippen molar-refractivity contribution in [2.24, 2.45) is 5.73 Å². The second-order valence-corrected chi connectivity index (χ2v) is 16.5. The number of benzene rings is 2. The van der Waals surface area contributed by atoms with Gasteiger partial charge in [-0.15, -0.1) is 0 Å². The molecule has 0 spiro atoms. The number of phenolic OH excluding ortho intramolecular Hbond substituents is 2. The Morgan fingerprint density at radius 3 is 1.32 bits per heavy atom. The van der Waals surface area contributed by atoms with E-state index in [1.54, 1.807) is 0 Å². The van der Waals surface area contributed by atoms with Gasteiger partial charge in [-0.05, 0) is 56.8 Å². The fraction of sp³-hybridized carbons (Fsp3) is 0.667. The largest absolute Gasteiger partial charge is 0.507 e. The van der Waals surface area contributed by atoms with Crippen LogP contribution in [0, 0.1) is 0 Å². The first-order chi connectivity index (χ1) is 18.1. The topological polar surface area (TPSA) is 69.7 Å². The number of aromatic hydroxyl groups is 2. The van der Waals surface area contributed by atoms with E-state index in [0.29, 0.717) is 24.6 Å². The van der Waals surface area contributed by atoms with Crippen molar-refractivity contribution in [3.63, 3.8) is 0 Å². The van der Waals surface area contributed by atoms with Gasteiger partial charge < -0.3 is 15.9 Å². The Labute approximate surface area is 261 Å². The van der Waals surface area contributed by atoms with E-state index in [9.17, 15) is 10.2 Å². The molecule has 1 radical (unpaired) electrons. The summed E-state index contributed by atoms with van der Waals surface area (Å²) < 4.78 is 0. The quantitative estimate of drug-likeness (QED) is 0.318. The van der Waals surface area contributed by atoms with Gasteiger partial charge in [0, 0.05) is 53.1 Å². The number of rotatable bonds is 5. The molecule has 0 heterocycles. The summed E-state index contributed by atoms with van der Waals surface area (Å²) in [6, 6.07) is 9.00. The smallest absolute Gasteiger partial charge is 0.123 e. The predicted octanol–water partition coefficient (Wildman–Crippen LogP) is 8.56. The van der Waals surface area contributed by atoms with Crippen LogP contribution in [0.25, 0.3) is 0 Å². The molecule has 2 atom stereocenters. The maximum absolute atomic E-state index is 11.6. The van der Waals surface area contributed by atoms with Crippen molar-refractivity contribution in [2.75, 3.05) is 0 Å². The second-order valence-electron chi connectivity index (χ2n) is 16.5. The third kappa shape index (κ3) is 8.52. The summed E-state index contributed by atoms with van der Waals surface area (Å²) in [5.74, 6) is 0.774. The minimum Gasteiger partial charge on any atom is -0.507 e. The van der Waals surface area contributed by atoms with Crippen LogP contribution in [-0.4, -0.2) is 27.2 Å². The summed E-state index contributed by atoms with van der Waals surface area (Å²) in [5, 5.41) is 23.3. The molecular formula is C36H58CoN2O2. The second kappa shape index (κ2) is 12.6. The summed E-state index contributed by atoms with van der Waals surface area (Å²) in [5.41, 5.74) is 12.6. The molecule has 0 amide bonds. The monoisotopic (exact) mass is 609 g/mol. The maximum Gasteiger partial charge on any atom is 0.123 e. The number of nitrogens with two attached hydrogens (primary N) is 1. The van der Waals surface area contributed by atoms with Crippen LogP contribution in [-0.2, 0) is 51.5 Å². The van der Waals surface area contributed by atoms with Crippen molar-refractivity contribution in [1.29, 1.82) is 0 Å². The first-order valence-corrected chi connectivity index (χ1v) is 15.3. The molecule has 0 aliphatic heterocycles. The van der Waals surface area contributed by atoms with E-state index in [-0.39, 0.29) is 50.5 Å². The van der Waals surface area contributed by atoms with Crippen LogP contribution in [0.4, 0.5) is 0 Å². The zero-order valence-electron chi connectivity index (χ0n) is 28.0. The predicted molar refractivity (Wildman–Crippen MR) is 170 cm³/mol.